The van der Waals surface area contributed by atoms with Gasteiger partial charge in [-0.2, -0.15) is 13.2 Å². The lowest BCUT2D eigenvalue weighted by Gasteiger charge is -2.33. The Labute approximate surface area is 143 Å². The molecule has 2 atom stereocenters. The minimum Gasteiger partial charge on any atom is -0.481 e. The van der Waals surface area contributed by atoms with Gasteiger partial charge in [0.1, 0.15) is 0 Å². The molecule has 1 N–H and O–H groups in total. The fraction of sp³-hybridized carbons (Fsp3) is 0.529. The standard InChI is InChI=1S/C17H20F3NO4/c1-11(12-3-2-4-13(8-12)17(18,19)20)7-15(22)21-5-6-25-14(10-21)9-16(23)24/h2-4,8,11,14H,5-7,9-10H2,1H3,(H,23,24)/t11-,14+/m0/s1. The summed E-state index contributed by atoms with van der Waals surface area (Å²) in [5.74, 6) is -1.60. The normalized spacial score (nSPS) is 19.5. The van der Waals surface area contributed by atoms with Crippen molar-refractivity contribution in [3.05, 3.63) is 35.4 Å². The zero-order valence-electron chi connectivity index (χ0n) is 13.8. The SMILES string of the molecule is C[C@@H](CC(=O)N1CCO[C@H](CC(=O)O)C1)c1cccc(C(F)(F)F)c1. The highest BCUT2D eigenvalue weighted by Gasteiger charge is 2.31. The number of ether oxygens (including phenoxy) is 1. The Morgan fingerprint density at radius 2 is 2.12 bits per heavy atom. The molecule has 25 heavy (non-hydrogen) atoms. The molecule has 0 bridgehead atoms. The third kappa shape index (κ3) is 5.45. The smallest absolute Gasteiger partial charge is 0.416 e. The third-order valence-corrected chi connectivity index (χ3v) is 4.16. The number of amides is 1. The summed E-state index contributed by atoms with van der Waals surface area (Å²) >= 11 is 0. The molecule has 0 spiro atoms. The molecule has 1 saturated heterocycles. The molecule has 1 aliphatic heterocycles. The summed E-state index contributed by atoms with van der Waals surface area (Å²) in [6.07, 6.45) is -5.11. The van der Waals surface area contributed by atoms with E-state index in [2.05, 4.69) is 0 Å². The maximum Gasteiger partial charge on any atom is 0.416 e. The highest BCUT2D eigenvalue weighted by molar-refractivity contribution is 5.77. The van der Waals surface area contributed by atoms with Crippen LogP contribution in [0, 0.1) is 0 Å². The van der Waals surface area contributed by atoms with Crippen LogP contribution in [0.5, 0.6) is 0 Å². The average molecular weight is 359 g/mol. The Bertz CT molecular complexity index is 633. The van der Waals surface area contributed by atoms with Crippen LogP contribution in [0.15, 0.2) is 24.3 Å². The Morgan fingerprint density at radius 3 is 2.76 bits per heavy atom. The lowest BCUT2D eigenvalue weighted by molar-refractivity contribution is -0.147. The fourth-order valence-corrected chi connectivity index (χ4v) is 2.79. The molecule has 0 aliphatic carbocycles. The Balaban J connectivity index is 1.99. The second kappa shape index (κ2) is 7.86. The monoisotopic (exact) mass is 359 g/mol. The molecule has 1 aliphatic rings. The second-order valence-corrected chi connectivity index (χ2v) is 6.16. The van der Waals surface area contributed by atoms with Crippen LogP contribution in [0.4, 0.5) is 13.2 Å². The molecule has 1 heterocycles. The molecule has 0 saturated carbocycles. The van der Waals surface area contributed by atoms with Crippen molar-refractivity contribution in [3.63, 3.8) is 0 Å². The number of benzene rings is 1. The van der Waals surface area contributed by atoms with Crippen LogP contribution < -0.4 is 0 Å². The molecule has 0 unspecified atom stereocenters. The first-order valence-electron chi connectivity index (χ1n) is 7.95. The van der Waals surface area contributed by atoms with Crippen molar-refractivity contribution < 1.29 is 32.6 Å². The molecule has 1 aromatic carbocycles. The third-order valence-electron chi connectivity index (χ3n) is 4.16. The number of carbonyl (C=O) groups excluding carboxylic acids is 1. The molecule has 138 valence electrons. The predicted octanol–water partition coefficient (Wildman–Crippen LogP) is 2.90. The topological polar surface area (TPSA) is 66.8 Å². The highest BCUT2D eigenvalue weighted by atomic mass is 19.4. The van der Waals surface area contributed by atoms with Gasteiger partial charge in [0.2, 0.25) is 5.91 Å². The summed E-state index contributed by atoms with van der Waals surface area (Å²) in [5.41, 5.74) is -0.296. The molecule has 1 aromatic rings. The van der Waals surface area contributed by atoms with Crippen LogP contribution in [-0.2, 0) is 20.5 Å². The van der Waals surface area contributed by atoms with Crippen molar-refractivity contribution in [2.75, 3.05) is 19.7 Å². The van der Waals surface area contributed by atoms with Gasteiger partial charge in [0.15, 0.2) is 0 Å². The summed E-state index contributed by atoms with van der Waals surface area (Å²) < 4.78 is 43.7. The Morgan fingerprint density at radius 1 is 1.40 bits per heavy atom. The van der Waals surface area contributed by atoms with Crippen molar-refractivity contribution in [3.8, 4) is 0 Å². The molecule has 0 radical (unpaired) electrons. The van der Waals surface area contributed by atoms with E-state index in [1.165, 1.54) is 11.0 Å². The second-order valence-electron chi connectivity index (χ2n) is 6.16. The van der Waals surface area contributed by atoms with Crippen LogP contribution in [0.2, 0.25) is 0 Å². The van der Waals surface area contributed by atoms with Gasteiger partial charge in [-0.25, -0.2) is 0 Å². The minimum absolute atomic E-state index is 0.0566. The maximum absolute atomic E-state index is 12.8. The number of halogens is 3. The zero-order valence-corrected chi connectivity index (χ0v) is 13.8. The van der Waals surface area contributed by atoms with Crippen molar-refractivity contribution in [1.29, 1.82) is 0 Å². The number of carbonyl (C=O) groups is 2. The largest absolute Gasteiger partial charge is 0.481 e. The van der Waals surface area contributed by atoms with Crippen LogP contribution >= 0.6 is 0 Å². The van der Waals surface area contributed by atoms with Gasteiger partial charge in [-0.1, -0.05) is 25.1 Å². The van der Waals surface area contributed by atoms with Gasteiger partial charge in [-0.15, -0.1) is 0 Å². The van der Waals surface area contributed by atoms with Crippen LogP contribution in [0.25, 0.3) is 0 Å². The van der Waals surface area contributed by atoms with Gasteiger partial charge in [0, 0.05) is 19.5 Å². The molecular weight excluding hydrogens is 339 g/mol. The number of hydrogen-bond donors (Lipinski definition) is 1. The molecule has 5 nitrogen and oxygen atoms in total. The van der Waals surface area contributed by atoms with Gasteiger partial charge in [0.25, 0.3) is 0 Å². The van der Waals surface area contributed by atoms with E-state index in [-0.39, 0.29) is 37.8 Å². The summed E-state index contributed by atoms with van der Waals surface area (Å²) in [6.45, 7) is 2.48. The average Bonchev–Trinajstić information content (AvgIpc) is 2.53. The highest BCUT2D eigenvalue weighted by Crippen LogP contribution is 2.32. The quantitative estimate of drug-likeness (QED) is 0.878. The van der Waals surface area contributed by atoms with Gasteiger partial charge in [-0.05, 0) is 17.5 Å². The number of carboxylic acids is 1. The number of alkyl halides is 3. The van der Waals surface area contributed by atoms with Crippen molar-refractivity contribution in [2.24, 2.45) is 0 Å². The van der Waals surface area contributed by atoms with Crippen molar-refractivity contribution in [2.45, 2.75) is 38.0 Å². The van der Waals surface area contributed by atoms with Gasteiger partial charge < -0.3 is 14.7 Å². The van der Waals surface area contributed by atoms with Gasteiger partial charge >= 0.3 is 12.1 Å². The maximum atomic E-state index is 12.8. The number of carboxylic acid groups (broad SMARTS) is 1. The molecule has 2 rings (SSSR count). The summed E-state index contributed by atoms with van der Waals surface area (Å²) in [6, 6.07) is 4.96. The molecule has 1 amide bonds. The van der Waals surface area contributed by atoms with E-state index in [1.54, 1.807) is 13.0 Å². The predicted molar refractivity (Wildman–Crippen MR) is 83.0 cm³/mol. The summed E-state index contributed by atoms with van der Waals surface area (Å²) in [7, 11) is 0. The van der Waals surface area contributed by atoms with Crippen molar-refractivity contribution >= 4 is 11.9 Å². The first-order valence-corrected chi connectivity index (χ1v) is 7.95. The Hall–Kier alpha value is -2.09. The first-order chi connectivity index (χ1) is 11.7. The van der Waals surface area contributed by atoms with Gasteiger partial charge in [-0.3, -0.25) is 9.59 Å². The number of aliphatic carboxylic acids is 1. The summed E-state index contributed by atoms with van der Waals surface area (Å²) in [4.78, 5) is 24.7. The number of nitrogens with zero attached hydrogens (tertiary/aromatic N) is 1. The first kappa shape index (κ1) is 19.2. The van der Waals surface area contributed by atoms with Crippen LogP contribution in [0.3, 0.4) is 0 Å². The minimum atomic E-state index is -4.42. The van der Waals surface area contributed by atoms with E-state index in [1.807, 2.05) is 0 Å². The lowest BCUT2D eigenvalue weighted by Crippen LogP contribution is -2.46. The lowest BCUT2D eigenvalue weighted by atomic mass is 9.95. The van der Waals surface area contributed by atoms with E-state index < -0.39 is 23.8 Å². The van der Waals surface area contributed by atoms with E-state index in [0.717, 1.165) is 12.1 Å². The van der Waals surface area contributed by atoms with E-state index in [0.29, 0.717) is 12.1 Å². The summed E-state index contributed by atoms with van der Waals surface area (Å²) in [5, 5.41) is 8.80. The zero-order chi connectivity index (χ0) is 18.6. The Kier molecular flexibility index (Phi) is 6.05. The number of morpholine rings is 1. The van der Waals surface area contributed by atoms with Crippen LogP contribution in [-0.4, -0.2) is 47.7 Å². The van der Waals surface area contributed by atoms with E-state index >= 15 is 0 Å². The fourth-order valence-electron chi connectivity index (χ4n) is 2.79. The number of rotatable bonds is 5. The number of hydrogen-bond acceptors (Lipinski definition) is 3. The van der Waals surface area contributed by atoms with Crippen LogP contribution in [0.1, 0.15) is 36.8 Å². The van der Waals surface area contributed by atoms with E-state index in [4.69, 9.17) is 9.84 Å². The van der Waals surface area contributed by atoms with Gasteiger partial charge in [0.05, 0.1) is 24.7 Å². The molecule has 8 heteroatoms. The molecular formula is C17H20F3NO4. The van der Waals surface area contributed by atoms with Crippen molar-refractivity contribution in [1.82, 2.24) is 4.90 Å². The van der Waals surface area contributed by atoms with E-state index in [9.17, 15) is 22.8 Å². The molecule has 0 aromatic heterocycles. The molecule has 1 fully saturated rings.